The van der Waals surface area contributed by atoms with E-state index in [4.69, 9.17) is 20.6 Å². The molecule has 2 aromatic heterocycles. The van der Waals surface area contributed by atoms with E-state index in [1.54, 1.807) is 25.1 Å². The van der Waals surface area contributed by atoms with Crippen LogP contribution in [-0.4, -0.2) is 16.2 Å². The Morgan fingerprint density at radius 3 is 2.52 bits per heavy atom. The van der Waals surface area contributed by atoms with E-state index in [9.17, 15) is 4.79 Å². The van der Waals surface area contributed by atoms with Gasteiger partial charge in [-0.25, -0.2) is 0 Å². The number of hydrogen-bond donors (Lipinski definition) is 1. The van der Waals surface area contributed by atoms with Gasteiger partial charge in [0.15, 0.2) is 5.82 Å². The number of nitrogens with one attached hydrogen (secondary N) is 1. The van der Waals surface area contributed by atoms with Crippen LogP contribution in [0.25, 0.3) is 11.3 Å². The molecule has 0 unspecified atom stereocenters. The maximum atomic E-state index is 12.7. The second kappa shape index (κ2) is 6.37. The highest BCUT2D eigenvalue weighted by Gasteiger charge is 2.25. The summed E-state index contributed by atoms with van der Waals surface area (Å²) in [5.41, 5.74) is 1.13. The lowest BCUT2D eigenvalue weighted by Gasteiger charge is -2.12. The van der Waals surface area contributed by atoms with Gasteiger partial charge in [-0.3, -0.25) is 4.79 Å². The molecule has 0 aliphatic rings. The monoisotopic (exact) mass is 359 g/mol. The molecule has 0 saturated heterocycles. The number of halogens is 1. The number of benzene rings is 1. The fourth-order valence-electron chi connectivity index (χ4n) is 2.34. The topological polar surface area (TPSA) is 81.2 Å². The molecule has 1 aromatic carbocycles. The largest absolute Gasteiger partial charge is 0.360 e. The molecule has 0 radical (unpaired) electrons. The molecular weight excluding hydrogens is 342 g/mol. The van der Waals surface area contributed by atoms with Crippen molar-refractivity contribution in [1.29, 1.82) is 0 Å². The van der Waals surface area contributed by atoms with Crippen molar-refractivity contribution in [1.82, 2.24) is 10.3 Å². The number of carbonyl (C=O) groups excluding carboxylic acids is 1. The average molecular weight is 360 g/mol. The molecule has 25 heavy (non-hydrogen) atoms. The number of rotatable bonds is 3. The van der Waals surface area contributed by atoms with Gasteiger partial charge in [0, 0.05) is 17.0 Å². The molecule has 0 aliphatic heterocycles. The van der Waals surface area contributed by atoms with E-state index in [0.29, 0.717) is 39.2 Å². The maximum Gasteiger partial charge on any atom is 0.262 e. The van der Waals surface area contributed by atoms with Crippen LogP contribution >= 0.6 is 11.6 Å². The van der Waals surface area contributed by atoms with Gasteiger partial charge in [0.2, 0.25) is 0 Å². The van der Waals surface area contributed by atoms with E-state index in [1.165, 1.54) is 0 Å². The van der Waals surface area contributed by atoms with Crippen LogP contribution < -0.4 is 5.32 Å². The molecule has 0 saturated carbocycles. The third-order valence-electron chi connectivity index (χ3n) is 3.71. The number of carbonyl (C=O) groups is 1. The zero-order valence-corrected chi connectivity index (χ0v) is 15.1. The molecule has 130 valence electrons. The summed E-state index contributed by atoms with van der Waals surface area (Å²) in [7, 11) is 0. The highest BCUT2D eigenvalue weighted by Crippen LogP contribution is 2.31. The molecule has 0 spiro atoms. The van der Waals surface area contributed by atoms with E-state index in [0.717, 1.165) is 0 Å². The van der Waals surface area contributed by atoms with Crippen molar-refractivity contribution in [2.24, 2.45) is 0 Å². The van der Waals surface area contributed by atoms with Crippen LogP contribution in [0.2, 0.25) is 5.02 Å². The molecule has 6 nitrogen and oxygen atoms in total. The van der Waals surface area contributed by atoms with Gasteiger partial charge in [0.1, 0.15) is 22.8 Å². The standard InChI is InChI=1S/C18H18ClN3O3/c1-10-15(16(22-24-10)11-7-5-6-8-12(11)19)17(23)20-14-9-13(25-21-14)18(2,3)4/h5-9H,1-4H3,(H,20,21,23). The van der Waals surface area contributed by atoms with Gasteiger partial charge in [-0.2, -0.15) is 0 Å². The van der Waals surface area contributed by atoms with E-state index >= 15 is 0 Å². The normalized spacial score (nSPS) is 11.6. The summed E-state index contributed by atoms with van der Waals surface area (Å²) in [5, 5.41) is 11.1. The Hall–Kier alpha value is -2.60. The summed E-state index contributed by atoms with van der Waals surface area (Å²) in [6.45, 7) is 7.67. The molecule has 7 heteroatoms. The van der Waals surface area contributed by atoms with Gasteiger partial charge in [-0.15, -0.1) is 0 Å². The van der Waals surface area contributed by atoms with Crippen LogP contribution in [0.1, 0.15) is 42.6 Å². The number of anilines is 1. The predicted octanol–water partition coefficient (Wildman–Crippen LogP) is 4.84. The van der Waals surface area contributed by atoms with Crippen molar-refractivity contribution < 1.29 is 13.8 Å². The van der Waals surface area contributed by atoms with Crippen LogP contribution in [0.5, 0.6) is 0 Å². The number of aromatic nitrogens is 2. The van der Waals surface area contributed by atoms with Gasteiger partial charge in [0.25, 0.3) is 5.91 Å². The van der Waals surface area contributed by atoms with Gasteiger partial charge in [-0.1, -0.05) is 60.9 Å². The Bertz CT molecular complexity index is 922. The number of aryl methyl sites for hydroxylation is 1. The zero-order valence-electron chi connectivity index (χ0n) is 14.4. The van der Waals surface area contributed by atoms with Crippen molar-refractivity contribution in [3.05, 3.63) is 52.4 Å². The first-order chi connectivity index (χ1) is 11.8. The minimum Gasteiger partial charge on any atom is -0.360 e. The summed E-state index contributed by atoms with van der Waals surface area (Å²) in [4.78, 5) is 12.7. The third kappa shape index (κ3) is 3.44. The van der Waals surface area contributed by atoms with Gasteiger partial charge in [-0.05, 0) is 13.0 Å². The Morgan fingerprint density at radius 1 is 1.16 bits per heavy atom. The number of amides is 1. The average Bonchev–Trinajstić information content (AvgIpc) is 3.14. The molecule has 0 bridgehead atoms. The first-order valence-corrected chi connectivity index (χ1v) is 8.15. The smallest absolute Gasteiger partial charge is 0.262 e. The SMILES string of the molecule is Cc1onc(-c2ccccc2Cl)c1C(=O)Nc1cc(C(C)(C)C)on1. The first-order valence-electron chi connectivity index (χ1n) is 7.77. The molecule has 1 N–H and O–H groups in total. The molecule has 3 rings (SSSR count). The summed E-state index contributed by atoms with van der Waals surface area (Å²) >= 11 is 6.22. The molecule has 3 aromatic rings. The fourth-order valence-corrected chi connectivity index (χ4v) is 2.57. The highest BCUT2D eigenvalue weighted by molar-refractivity contribution is 6.33. The van der Waals surface area contributed by atoms with Crippen molar-refractivity contribution in [3.63, 3.8) is 0 Å². The first kappa shape index (κ1) is 17.2. The third-order valence-corrected chi connectivity index (χ3v) is 4.04. The number of nitrogens with zero attached hydrogens (tertiary/aromatic N) is 2. The van der Waals surface area contributed by atoms with Gasteiger partial charge < -0.3 is 14.4 Å². The van der Waals surface area contributed by atoms with E-state index in [1.807, 2.05) is 32.9 Å². The quantitative estimate of drug-likeness (QED) is 0.723. The number of hydrogen-bond acceptors (Lipinski definition) is 5. The van der Waals surface area contributed by atoms with Crippen LogP contribution in [0, 0.1) is 6.92 Å². The minimum atomic E-state index is -0.387. The lowest BCUT2D eigenvalue weighted by Crippen LogP contribution is -2.14. The summed E-state index contributed by atoms with van der Waals surface area (Å²) < 4.78 is 10.5. The van der Waals surface area contributed by atoms with Crippen LogP contribution in [0.15, 0.2) is 39.4 Å². The highest BCUT2D eigenvalue weighted by atomic mass is 35.5. The second-order valence-corrected chi connectivity index (χ2v) is 7.13. The molecule has 0 fully saturated rings. The van der Waals surface area contributed by atoms with Crippen molar-refractivity contribution in [2.75, 3.05) is 5.32 Å². The van der Waals surface area contributed by atoms with Gasteiger partial charge in [0.05, 0.1) is 5.02 Å². The van der Waals surface area contributed by atoms with Crippen molar-refractivity contribution in [3.8, 4) is 11.3 Å². The van der Waals surface area contributed by atoms with Crippen molar-refractivity contribution in [2.45, 2.75) is 33.1 Å². The lowest BCUT2D eigenvalue weighted by atomic mass is 9.93. The van der Waals surface area contributed by atoms with Crippen molar-refractivity contribution >= 4 is 23.3 Å². The second-order valence-electron chi connectivity index (χ2n) is 6.72. The van der Waals surface area contributed by atoms with Crippen LogP contribution in [0.3, 0.4) is 0 Å². The van der Waals surface area contributed by atoms with E-state index < -0.39 is 0 Å². The summed E-state index contributed by atoms with van der Waals surface area (Å²) in [5.74, 6) is 1.02. The molecular formula is C18H18ClN3O3. The molecule has 0 atom stereocenters. The summed E-state index contributed by atoms with van der Waals surface area (Å²) in [6.07, 6.45) is 0. The van der Waals surface area contributed by atoms with E-state index in [-0.39, 0.29) is 11.3 Å². The zero-order chi connectivity index (χ0) is 18.2. The Balaban J connectivity index is 1.92. The molecule has 0 aliphatic carbocycles. The summed E-state index contributed by atoms with van der Waals surface area (Å²) in [6, 6.07) is 8.85. The van der Waals surface area contributed by atoms with E-state index in [2.05, 4.69) is 15.6 Å². The fraction of sp³-hybridized carbons (Fsp3) is 0.278. The van der Waals surface area contributed by atoms with Crippen LogP contribution in [-0.2, 0) is 5.41 Å². The van der Waals surface area contributed by atoms with Crippen LogP contribution in [0.4, 0.5) is 5.82 Å². The van der Waals surface area contributed by atoms with Gasteiger partial charge >= 0.3 is 0 Å². The predicted molar refractivity (Wildman–Crippen MR) is 94.8 cm³/mol. The lowest BCUT2D eigenvalue weighted by molar-refractivity contribution is 0.102. The Labute approximate surface area is 150 Å². The maximum absolute atomic E-state index is 12.7. The molecule has 1 amide bonds. The minimum absolute atomic E-state index is 0.203. The Kier molecular flexibility index (Phi) is 4.39. The molecule has 2 heterocycles. The Morgan fingerprint density at radius 2 is 1.88 bits per heavy atom.